The van der Waals surface area contributed by atoms with E-state index in [0.717, 1.165) is 12.0 Å². The van der Waals surface area contributed by atoms with Gasteiger partial charge < -0.3 is 10.4 Å². The fourth-order valence-corrected chi connectivity index (χ4v) is 2.32. The fraction of sp³-hybridized carbons (Fsp3) is 0.500. The zero-order valence-corrected chi connectivity index (χ0v) is 11.5. The third kappa shape index (κ3) is 4.29. The van der Waals surface area contributed by atoms with Gasteiger partial charge in [0.15, 0.2) is 0 Å². The van der Waals surface area contributed by atoms with Crippen molar-refractivity contribution in [2.45, 2.75) is 19.4 Å². The van der Waals surface area contributed by atoms with Crippen LogP contribution in [0.25, 0.3) is 0 Å². The molecule has 0 aliphatic heterocycles. The number of phenolic OH excluding ortho intramolecular Hbond substituents is 1. The van der Waals surface area contributed by atoms with Crippen LogP contribution in [0, 0.1) is 0 Å². The van der Waals surface area contributed by atoms with Crippen LogP contribution in [0.15, 0.2) is 24.3 Å². The molecule has 1 atom stereocenters. The largest absolute Gasteiger partial charge is 0.508 e. The molecule has 0 radical (unpaired) electrons. The number of aromatic hydroxyl groups is 1. The zero-order valence-electron chi connectivity index (χ0n) is 10.7. The number of hydrogen-bond donors (Lipinski definition) is 3. The number of rotatable bonds is 7. The van der Waals surface area contributed by atoms with Gasteiger partial charge in [-0.25, -0.2) is 13.1 Å². The van der Waals surface area contributed by atoms with Crippen LogP contribution in [0.5, 0.6) is 5.75 Å². The van der Waals surface area contributed by atoms with Gasteiger partial charge in [0.1, 0.15) is 5.75 Å². The van der Waals surface area contributed by atoms with Crippen molar-refractivity contribution in [3.63, 3.8) is 0 Å². The number of phenols is 1. The molecule has 0 saturated carbocycles. The van der Waals surface area contributed by atoms with Crippen LogP contribution < -0.4 is 10.0 Å². The second-order valence-corrected chi connectivity index (χ2v) is 6.04. The standard InChI is InChI=1S/C12H20N2O3S/c1-3-11(10-6-4-5-7-12(10)15)14-8-9-18(16,17)13-2/h4-7,11,13-15H,3,8-9H2,1-2H3. The van der Waals surface area contributed by atoms with Crippen molar-refractivity contribution in [2.24, 2.45) is 0 Å². The van der Waals surface area contributed by atoms with E-state index in [1.807, 2.05) is 19.1 Å². The van der Waals surface area contributed by atoms with Gasteiger partial charge in [0.25, 0.3) is 0 Å². The summed E-state index contributed by atoms with van der Waals surface area (Å²) in [4.78, 5) is 0. The number of para-hydroxylation sites is 1. The average molecular weight is 272 g/mol. The maximum Gasteiger partial charge on any atom is 0.212 e. The summed E-state index contributed by atoms with van der Waals surface area (Å²) in [6, 6.07) is 7.03. The molecule has 0 aliphatic carbocycles. The minimum Gasteiger partial charge on any atom is -0.508 e. The first-order chi connectivity index (χ1) is 8.50. The Bertz CT molecular complexity index is 474. The van der Waals surface area contributed by atoms with Gasteiger partial charge in [0.2, 0.25) is 10.0 Å². The molecule has 1 unspecified atom stereocenters. The molecule has 3 N–H and O–H groups in total. The van der Waals surface area contributed by atoms with Crippen LogP contribution in [0.1, 0.15) is 24.9 Å². The van der Waals surface area contributed by atoms with Crippen LogP contribution in [0.4, 0.5) is 0 Å². The van der Waals surface area contributed by atoms with E-state index in [-0.39, 0.29) is 17.5 Å². The van der Waals surface area contributed by atoms with Gasteiger partial charge in [-0.15, -0.1) is 0 Å². The van der Waals surface area contributed by atoms with Crippen molar-refractivity contribution in [1.29, 1.82) is 0 Å². The van der Waals surface area contributed by atoms with Gasteiger partial charge in [-0.2, -0.15) is 0 Å². The van der Waals surface area contributed by atoms with E-state index < -0.39 is 10.0 Å². The summed E-state index contributed by atoms with van der Waals surface area (Å²) in [5.74, 6) is 0.251. The predicted octanol–water partition coefficient (Wildman–Crippen LogP) is 0.982. The highest BCUT2D eigenvalue weighted by Gasteiger charge is 2.14. The molecule has 0 saturated heterocycles. The molecule has 6 heteroatoms. The molecule has 1 aromatic rings. The van der Waals surface area contributed by atoms with E-state index in [2.05, 4.69) is 10.0 Å². The Kier molecular flexibility index (Phi) is 5.58. The fourth-order valence-electron chi connectivity index (χ4n) is 1.73. The highest BCUT2D eigenvalue weighted by Crippen LogP contribution is 2.25. The Hall–Kier alpha value is -1.11. The monoisotopic (exact) mass is 272 g/mol. The molecule has 102 valence electrons. The molecule has 0 spiro atoms. The number of nitrogens with one attached hydrogen (secondary N) is 2. The number of sulfonamides is 1. The SMILES string of the molecule is CCC(NCCS(=O)(=O)NC)c1ccccc1O. The summed E-state index contributed by atoms with van der Waals surface area (Å²) < 4.78 is 24.8. The summed E-state index contributed by atoms with van der Waals surface area (Å²) in [5, 5.41) is 12.9. The van der Waals surface area contributed by atoms with E-state index in [9.17, 15) is 13.5 Å². The van der Waals surface area contributed by atoms with Crippen LogP contribution in [0.3, 0.4) is 0 Å². The van der Waals surface area contributed by atoms with Gasteiger partial charge in [-0.3, -0.25) is 0 Å². The molecule has 1 aromatic carbocycles. The normalized spacial score (nSPS) is 13.4. The zero-order chi connectivity index (χ0) is 13.6. The smallest absolute Gasteiger partial charge is 0.212 e. The molecule has 0 heterocycles. The average Bonchev–Trinajstić information content (AvgIpc) is 2.36. The summed E-state index contributed by atoms with van der Waals surface area (Å²) in [6.45, 7) is 2.33. The van der Waals surface area contributed by atoms with Crippen molar-refractivity contribution in [2.75, 3.05) is 19.3 Å². The maximum atomic E-state index is 11.3. The van der Waals surface area contributed by atoms with Gasteiger partial charge in [-0.05, 0) is 19.5 Å². The van der Waals surface area contributed by atoms with Crippen molar-refractivity contribution in [1.82, 2.24) is 10.0 Å². The summed E-state index contributed by atoms with van der Waals surface area (Å²) in [7, 11) is -1.79. The lowest BCUT2D eigenvalue weighted by Crippen LogP contribution is -2.31. The third-order valence-corrected chi connectivity index (χ3v) is 4.16. The van der Waals surface area contributed by atoms with Crippen molar-refractivity contribution in [3.8, 4) is 5.75 Å². The topological polar surface area (TPSA) is 78.4 Å². The first kappa shape index (κ1) is 14.9. The van der Waals surface area contributed by atoms with Gasteiger partial charge in [0, 0.05) is 18.2 Å². The Morgan fingerprint density at radius 1 is 1.33 bits per heavy atom. The lowest BCUT2D eigenvalue weighted by atomic mass is 10.0. The van der Waals surface area contributed by atoms with E-state index in [1.54, 1.807) is 12.1 Å². The molecule has 5 nitrogen and oxygen atoms in total. The second-order valence-electron chi connectivity index (χ2n) is 4.00. The number of hydrogen-bond acceptors (Lipinski definition) is 4. The highest BCUT2D eigenvalue weighted by atomic mass is 32.2. The Labute approximate surface area is 108 Å². The molecular formula is C12H20N2O3S. The van der Waals surface area contributed by atoms with Crippen LogP contribution in [-0.2, 0) is 10.0 Å². The van der Waals surface area contributed by atoms with E-state index in [1.165, 1.54) is 7.05 Å². The number of benzene rings is 1. The van der Waals surface area contributed by atoms with Gasteiger partial charge in [0.05, 0.1) is 5.75 Å². The first-order valence-electron chi connectivity index (χ1n) is 5.92. The third-order valence-electron chi connectivity index (χ3n) is 2.79. The molecule has 0 amide bonds. The van der Waals surface area contributed by atoms with E-state index in [4.69, 9.17) is 0 Å². The van der Waals surface area contributed by atoms with Crippen LogP contribution in [0.2, 0.25) is 0 Å². The van der Waals surface area contributed by atoms with Crippen molar-refractivity contribution < 1.29 is 13.5 Å². The summed E-state index contributed by atoms with van der Waals surface area (Å²) in [5.41, 5.74) is 0.793. The maximum absolute atomic E-state index is 11.3. The first-order valence-corrected chi connectivity index (χ1v) is 7.58. The van der Waals surface area contributed by atoms with Crippen molar-refractivity contribution in [3.05, 3.63) is 29.8 Å². The van der Waals surface area contributed by atoms with E-state index >= 15 is 0 Å². The van der Waals surface area contributed by atoms with Gasteiger partial charge >= 0.3 is 0 Å². The second kappa shape index (κ2) is 6.72. The Morgan fingerprint density at radius 3 is 2.56 bits per heavy atom. The Morgan fingerprint density at radius 2 is 2.00 bits per heavy atom. The Balaban J connectivity index is 2.61. The van der Waals surface area contributed by atoms with E-state index in [0.29, 0.717) is 6.54 Å². The molecular weight excluding hydrogens is 252 g/mol. The highest BCUT2D eigenvalue weighted by molar-refractivity contribution is 7.89. The minimum atomic E-state index is -3.19. The van der Waals surface area contributed by atoms with Crippen LogP contribution >= 0.6 is 0 Å². The molecule has 1 rings (SSSR count). The molecule has 18 heavy (non-hydrogen) atoms. The van der Waals surface area contributed by atoms with Crippen LogP contribution in [-0.4, -0.2) is 32.9 Å². The molecule has 0 bridgehead atoms. The lowest BCUT2D eigenvalue weighted by Gasteiger charge is -2.18. The molecule has 0 aliphatic rings. The quantitative estimate of drug-likeness (QED) is 0.691. The van der Waals surface area contributed by atoms with Crippen molar-refractivity contribution >= 4 is 10.0 Å². The molecule has 0 fully saturated rings. The lowest BCUT2D eigenvalue weighted by molar-refractivity contribution is 0.444. The van der Waals surface area contributed by atoms with Gasteiger partial charge in [-0.1, -0.05) is 25.1 Å². The summed E-state index contributed by atoms with van der Waals surface area (Å²) >= 11 is 0. The predicted molar refractivity (Wildman–Crippen MR) is 72.0 cm³/mol. The molecule has 0 aromatic heterocycles. The minimum absolute atomic E-state index is 0.0214. The summed E-state index contributed by atoms with van der Waals surface area (Å²) in [6.07, 6.45) is 0.775.